The molecule has 1 aliphatic rings. The summed E-state index contributed by atoms with van der Waals surface area (Å²) in [4.78, 5) is 2.34. The minimum absolute atomic E-state index is 0.244. The van der Waals surface area contributed by atoms with Crippen LogP contribution >= 0.6 is 0 Å². The van der Waals surface area contributed by atoms with Crippen molar-refractivity contribution in [3.05, 3.63) is 53.4 Å². The van der Waals surface area contributed by atoms with E-state index in [1.165, 1.54) is 5.56 Å². The lowest BCUT2D eigenvalue weighted by Crippen LogP contribution is -2.24. The van der Waals surface area contributed by atoms with Gasteiger partial charge in [0.05, 0.1) is 11.8 Å². The van der Waals surface area contributed by atoms with Gasteiger partial charge < -0.3 is 14.5 Å². The first-order valence-electron chi connectivity index (χ1n) is 7.57. The van der Waals surface area contributed by atoms with Gasteiger partial charge in [-0.05, 0) is 18.9 Å². The molecule has 1 saturated heterocycles. The average Bonchev–Trinajstić information content (AvgIpc) is 3.05. The second-order valence-electron chi connectivity index (χ2n) is 5.96. The summed E-state index contributed by atoms with van der Waals surface area (Å²) in [5.41, 5.74) is 2.25. The van der Waals surface area contributed by atoms with Crippen molar-refractivity contribution >= 4 is 0 Å². The van der Waals surface area contributed by atoms with Gasteiger partial charge in [-0.3, -0.25) is 0 Å². The molecule has 0 saturated carbocycles. The molecule has 4 nitrogen and oxygen atoms in total. The number of β-amino-alcohol motifs (C(OH)–C–C–N with tert-alkyl or cyclic N) is 1. The van der Waals surface area contributed by atoms with E-state index < -0.39 is 0 Å². The van der Waals surface area contributed by atoms with E-state index in [-0.39, 0.29) is 12.0 Å². The van der Waals surface area contributed by atoms with Gasteiger partial charge in [0.15, 0.2) is 0 Å². The lowest BCUT2D eigenvalue weighted by Gasteiger charge is -2.15. The first-order chi connectivity index (χ1) is 10.2. The lowest BCUT2D eigenvalue weighted by molar-refractivity contribution is 0.138. The predicted octanol–water partition coefficient (Wildman–Crippen LogP) is 2.06. The Kier molecular flexibility index (Phi) is 4.36. The normalized spacial score (nSPS) is 22.8. The van der Waals surface area contributed by atoms with Gasteiger partial charge in [-0.2, -0.15) is 0 Å². The third-order valence-electron chi connectivity index (χ3n) is 4.18. The maximum atomic E-state index is 10.2. The van der Waals surface area contributed by atoms with Crippen LogP contribution in [-0.4, -0.2) is 40.9 Å². The van der Waals surface area contributed by atoms with Crippen LogP contribution in [0.25, 0.3) is 0 Å². The van der Waals surface area contributed by atoms with E-state index in [1.54, 1.807) is 0 Å². The maximum Gasteiger partial charge on any atom is 0.137 e. The molecule has 1 aromatic heterocycles. The van der Waals surface area contributed by atoms with Crippen molar-refractivity contribution < 1.29 is 9.63 Å². The van der Waals surface area contributed by atoms with Crippen LogP contribution in [0.2, 0.25) is 0 Å². The van der Waals surface area contributed by atoms with Crippen molar-refractivity contribution in [1.29, 1.82) is 0 Å². The molecule has 0 spiro atoms. The molecule has 0 bridgehead atoms. The molecule has 1 fully saturated rings. The topological polar surface area (TPSA) is 49.5 Å². The largest absolute Gasteiger partial charge is 0.391 e. The Morgan fingerprint density at radius 3 is 2.81 bits per heavy atom. The van der Waals surface area contributed by atoms with Crippen molar-refractivity contribution in [2.45, 2.75) is 25.9 Å². The number of aliphatic hydroxyl groups excluding tert-OH is 1. The summed E-state index contributed by atoms with van der Waals surface area (Å²) in [7, 11) is 0. The van der Waals surface area contributed by atoms with Crippen LogP contribution in [0.1, 0.15) is 17.0 Å². The Morgan fingerprint density at radius 1 is 1.29 bits per heavy atom. The zero-order valence-electron chi connectivity index (χ0n) is 12.4. The highest BCUT2D eigenvalue weighted by molar-refractivity contribution is 5.15. The molecule has 1 aromatic carbocycles. The van der Waals surface area contributed by atoms with E-state index in [1.807, 2.05) is 19.1 Å². The van der Waals surface area contributed by atoms with Gasteiger partial charge in [-0.1, -0.05) is 35.5 Å². The summed E-state index contributed by atoms with van der Waals surface area (Å²) in [5, 5.41) is 14.1. The number of benzene rings is 1. The number of aromatic nitrogens is 1. The molecule has 4 heteroatoms. The molecule has 1 aliphatic heterocycles. The Hall–Kier alpha value is -1.65. The van der Waals surface area contributed by atoms with Gasteiger partial charge in [-0.25, -0.2) is 0 Å². The van der Waals surface area contributed by atoms with Gasteiger partial charge in [0.2, 0.25) is 0 Å². The molecule has 2 atom stereocenters. The summed E-state index contributed by atoms with van der Waals surface area (Å²) in [5.74, 6) is 1.12. The molecule has 3 rings (SSSR count). The van der Waals surface area contributed by atoms with Crippen molar-refractivity contribution in [2.24, 2.45) is 5.92 Å². The monoisotopic (exact) mass is 286 g/mol. The molecule has 0 radical (unpaired) electrons. The van der Waals surface area contributed by atoms with E-state index in [9.17, 15) is 5.11 Å². The van der Waals surface area contributed by atoms with E-state index in [0.717, 1.165) is 43.9 Å². The fourth-order valence-electron chi connectivity index (χ4n) is 3.03. The molecular formula is C17H22N2O2. The zero-order chi connectivity index (χ0) is 14.7. The van der Waals surface area contributed by atoms with Gasteiger partial charge in [0.25, 0.3) is 0 Å². The second-order valence-corrected chi connectivity index (χ2v) is 5.96. The van der Waals surface area contributed by atoms with Crippen LogP contribution < -0.4 is 0 Å². The minimum atomic E-state index is -0.272. The predicted molar refractivity (Wildman–Crippen MR) is 81.0 cm³/mol. The Labute approximate surface area is 125 Å². The van der Waals surface area contributed by atoms with Crippen LogP contribution in [0.5, 0.6) is 0 Å². The fourth-order valence-corrected chi connectivity index (χ4v) is 3.03. The summed E-state index contributed by atoms with van der Waals surface area (Å²) in [6.45, 7) is 4.59. The highest BCUT2D eigenvalue weighted by Crippen LogP contribution is 2.22. The lowest BCUT2D eigenvalue weighted by atomic mass is 10.0. The molecule has 2 heterocycles. The number of hydrogen-bond donors (Lipinski definition) is 1. The third-order valence-corrected chi connectivity index (χ3v) is 4.18. The fraction of sp³-hybridized carbons (Fsp3) is 0.471. The molecule has 112 valence electrons. The van der Waals surface area contributed by atoms with Crippen LogP contribution in [0.4, 0.5) is 0 Å². The molecule has 0 unspecified atom stereocenters. The molecule has 21 heavy (non-hydrogen) atoms. The maximum absolute atomic E-state index is 10.2. The van der Waals surface area contributed by atoms with Crippen LogP contribution in [0.15, 0.2) is 40.9 Å². The number of nitrogens with zero attached hydrogens (tertiary/aromatic N) is 2. The minimum Gasteiger partial charge on any atom is -0.391 e. The standard InChI is InChI=1S/C17H22N2O2/c1-13-9-16(21-18-13)10-15-11-19(12-17(15)20)8-7-14-5-3-2-4-6-14/h2-6,9,15,17,20H,7-8,10-12H2,1H3/t15-,17-/m1/s1. The molecule has 2 aromatic rings. The van der Waals surface area contributed by atoms with Crippen molar-refractivity contribution in [2.75, 3.05) is 19.6 Å². The van der Waals surface area contributed by atoms with Crippen LogP contribution in [0.3, 0.4) is 0 Å². The van der Waals surface area contributed by atoms with Gasteiger partial charge in [0, 0.05) is 38.0 Å². The van der Waals surface area contributed by atoms with E-state index >= 15 is 0 Å². The number of aryl methyl sites for hydroxylation is 1. The van der Waals surface area contributed by atoms with E-state index in [2.05, 4.69) is 34.3 Å². The first kappa shape index (κ1) is 14.3. The van der Waals surface area contributed by atoms with Gasteiger partial charge >= 0.3 is 0 Å². The van der Waals surface area contributed by atoms with E-state index in [0.29, 0.717) is 0 Å². The second kappa shape index (κ2) is 6.41. The van der Waals surface area contributed by atoms with E-state index in [4.69, 9.17) is 4.52 Å². The SMILES string of the molecule is Cc1cc(C[C@@H]2CN(CCc3ccccc3)C[C@H]2O)on1. The highest BCUT2D eigenvalue weighted by atomic mass is 16.5. The van der Waals surface area contributed by atoms with Gasteiger partial charge in [0.1, 0.15) is 5.76 Å². The Bertz CT molecular complexity index is 567. The summed E-state index contributed by atoms with van der Waals surface area (Å²) in [6.07, 6.45) is 1.53. The van der Waals surface area contributed by atoms with Crippen molar-refractivity contribution in [3.8, 4) is 0 Å². The number of likely N-dealkylation sites (tertiary alicyclic amines) is 1. The summed E-state index contributed by atoms with van der Waals surface area (Å²) in [6, 6.07) is 12.5. The van der Waals surface area contributed by atoms with Crippen molar-refractivity contribution in [3.63, 3.8) is 0 Å². The molecule has 0 aliphatic carbocycles. The molecule has 0 amide bonds. The Morgan fingerprint density at radius 2 is 2.10 bits per heavy atom. The number of hydrogen-bond acceptors (Lipinski definition) is 4. The summed E-state index contributed by atoms with van der Waals surface area (Å²) < 4.78 is 5.26. The molecular weight excluding hydrogens is 264 g/mol. The van der Waals surface area contributed by atoms with Crippen LogP contribution in [0, 0.1) is 12.8 Å². The smallest absolute Gasteiger partial charge is 0.137 e. The average molecular weight is 286 g/mol. The zero-order valence-corrected chi connectivity index (χ0v) is 12.4. The third kappa shape index (κ3) is 3.71. The van der Waals surface area contributed by atoms with Crippen LogP contribution in [-0.2, 0) is 12.8 Å². The first-order valence-corrected chi connectivity index (χ1v) is 7.57. The highest BCUT2D eigenvalue weighted by Gasteiger charge is 2.31. The number of rotatable bonds is 5. The van der Waals surface area contributed by atoms with Crippen molar-refractivity contribution in [1.82, 2.24) is 10.1 Å². The summed E-state index contributed by atoms with van der Waals surface area (Å²) >= 11 is 0. The quantitative estimate of drug-likeness (QED) is 0.914. The number of aliphatic hydroxyl groups is 1. The Balaban J connectivity index is 1.51. The van der Waals surface area contributed by atoms with Gasteiger partial charge in [-0.15, -0.1) is 0 Å². The molecule has 1 N–H and O–H groups in total.